The molecule has 0 heterocycles. The molecule has 0 aromatic heterocycles. The Hall–Kier alpha value is -2.97. The van der Waals surface area contributed by atoms with Crippen LogP contribution in [0.2, 0.25) is 0 Å². The summed E-state index contributed by atoms with van der Waals surface area (Å²) in [6.07, 6.45) is 0.847. The van der Waals surface area contributed by atoms with Gasteiger partial charge in [0.2, 0.25) is 0 Å². The van der Waals surface area contributed by atoms with Gasteiger partial charge in [-0.15, -0.1) is 0 Å². The molecule has 0 aliphatic heterocycles. The Labute approximate surface area is 191 Å². The maximum atomic E-state index is 5.78. The standard InChI is InChI=1S/C24H36N4O4/c1-25-24(27-19-9-7-10-20(16-19)32-14-8-13-29-4)26-17-21(28(2)3)18-11-12-22(30-5)23(15-18)31-6/h7,9-12,15-16,21H,8,13-14,17H2,1-6H3,(H2,25,26,27). The molecule has 0 saturated heterocycles. The van der Waals surface area contributed by atoms with Gasteiger partial charge in [-0.3, -0.25) is 4.99 Å². The molecule has 2 rings (SSSR count). The second kappa shape index (κ2) is 13.4. The molecule has 0 saturated carbocycles. The fourth-order valence-electron chi connectivity index (χ4n) is 3.22. The summed E-state index contributed by atoms with van der Waals surface area (Å²) in [4.78, 5) is 6.51. The first-order chi connectivity index (χ1) is 15.5. The Morgan fingerprint density at radius 2 is 1.78 bits per heavy atom. The minimum atomic E-state index is 0.101. The van der Waals surface area contributed by atoms with Crippen LogP contribution < -0.4 is 24.8 Å². The van der Waals surface area contributed by atoms with Crippen LogP contribution >= 0.6 is 0 Å². The van der Waals surface area contributed by atoms with Crippen LogP contribution in [-0.2, 0) is 4.74 Å². The highest BCUT2D eigenvalue weighted by atomic mass is 16.5. The Kier molecular flexibility index (Phi) is 10.6. The van der Waals surface area contributed by atoms with Crippen molar-refractivity contribution in [2.45, 2.75) is 12.5 Å². The number of nitrogens with one attached hydrogen (secondary N) is 2. The number of nitrogens with zero attached hydrogens (tertiary/aromatic N) is 2. The summed E-state index contributed by atoms with van der Waals surface area (Å²) in [6, 6.07) is 13.9. The summed E-state index contributed by atoms with van der Waals surface area (Å²) >= 11 is 0. The van der Waals surface area contributed by atoms with Gasteiger partial charge in [-0.2, -0.15) is 0 Å². The number of aliphatic imine (C=N–C) groups is 1. The van der Waals surface area contributed by atoms with Crippen molar-refractivity contribution in [2.24, 2.45) is 4.99 Å². The zero-order valence-corrected chi connectivity index (χ0v) is 20.0. The third-order valence-corrected chi connectivity index (χ3v) is 4.96. The molecule has 0 fully saturated rings. The number of likely N-dealkylation sites (N-methyl/N-ethyl adjacent to an activating group) is 1. The van der Waals surface area contributed by atoms with Gasteiger partial charge < -0.3 is 34.5 Å². The first-order valence-electron chi connectivity index (χ1n) is 10.6. The van der Waals surface area contributed by atoms with E-state index in [-0.39, 0.29) is 6.04 Å². The Morgan fingerprint density at radius 1 is 1.00 bits per heavy atom. The molecule has 176 valence electrons. The number of hydrogen-bond donors (Lipinski definition) is 2. The van der Waals surface area contributed by atoms with Gasteiger partial charge >= 0.3 is 0 Å². The molecule has 0 amide bonds. The van der Waals surface area contributed by atoms with E-state index in [0.717, 1.165) is 23.4 Å². The number of ether oxygens (including phenoxy) is 4. The van der Waals surface area contributed by atoms with Crippen molar-refractivity contribution >= 4 is 11.6 Å². The summed E-state index contributed by atoms with van der Waals surface area (Å²) in [7, 11) is 10.8. The molecule has 0 bridgehead atoms. The van der Waals surface area contributed by atoms with Crippen LogP contribution in [0.1, 0.15) is 18.0 Å². The van der Waals surface area contributed by atoms with Crippen molar-refractivity contribution in [2.75, 3.05) is 67.5 Å². The second-order valence-electron chi connectivity index (χ2n) is 7.39. The highest BCUT2D eigenvalue weighted by molar-refractivity contribution is 5.93. The molecule has 0 aliphatic carbocycles. The zero-order valence-electron chi connectivity index (χ0n) is 20.0. The smallest absolute Gasteiger partial charge is 0.195 e. The fraction of sp³-hybridized carbons (Fsp3) is 0.458. The van der Waals surface area contributed by atoms with E-state index in [2.05, 4.69) is 20.5 Å². The Bertz CT molecular complexity index is 858. The molecule has 1 atom stereocenters. The topological polar surface area (TPSA) is 76.6 Å². The third kappa shape index (κ3) is 7.62. The van der Waals surface area contributed by atoms with E-state index >= 15 is 0 Å². The molecule has 2 aromatic rings. The van der Waals surface area contributed by atoms with Crippen molar-refractivity contribution in [3.8, 4) is 17.2 Å². The number of anilines is 1. The van der Waals surface area contributed by atoms with Crippen LogP contribution in [0.15, 0.2) is 47.5 Å². The van der Waals surface area contributed by atoms with Crippen LogP contribution in [0.25, 0.3) is 0 Å². The van der Waals surface area contributed by atoms with Crippen molar-refractivity contribution in [3.05, 3.63) is 48.0 Å². The number of hydrogen-bond acceptors (Lipinski definition) is 6. The van der Waals surface area contributed by atoms with E-state index in [1.165, 1.54) is 0 Å². The number of methoxy groups -OCH3 is 3. The largest absolute Gasteiger partial charge is 0.493 e. The van der Waals surface area contributed by atoms with Crippen molar-refractivity contribution < 1.29 is 18.9 Å². The average Bonchev–Trinajstić information content (AvgIpc) is 2.81. The number of benzene rings is 2. The lowest BCUT2D eigenvalue weighted by Crippen LogP contribution is -2.38. The summed E-state index contributed by atoms with van der Waals surface area (Å²) in [5.41, 5.74) is 2.01. The van der Waals surface area contributed by atoms with Crippen LogP contribution in [0.5, 0.6) is 17.2 Å². The molecular formula is C24H36N4O4. The van der Waals surface area contributed by atoms with Crippen molar-refractivity contribution in [3.63, 3.8) is 0 Å². The maximum Gasteiger partial charge on any atom is 0.195 e. The lowest BCUT2D eigenvalue weighted by atomic mass is 10.1. The quantitative estimate of drug-likeness (QED) is 0.295. The summed E-state index contributed by atoms with van der Waals surface area (Å²) < 4.78 is 21.7. The van der Waals surface area contributed by atoms with Gasteiger partial charge in [0.25, 0.3) is 0 Å². The SMILES string of the molecule is CN=C(NCC(c1ccc(OC)c(OC)c1)N(C)C)Nc1cccc(OCCCOC)c1. The van der Waals surface area contributed by atoms with E-state index in [4.69, 9.17) is 18.9 Å². The molecule has 0 radical (unpaired) electrons. The highest BCUT2D eigenvalue weighted by Gasteiger charge is 2.17. The Balaban J connectivity index is 2.02. The van der Waals surface area contributed by atoms with Gasteiger partial charge in [0.1, 0.15) is 5.75 Å². The van der Waals surface area contributed by atoms with Crippen molar-refractivity contribution in [1.82, 2.24) is 10.2 Å². The molecule has 8 nitrogen and oxygen atoms in total. The van der Waals surface area contributed by atoms with E-state index in [9.17, 15) is 0 Å². The first kappa shape index (κ1) is 25.3. The lowest BCUT2D eigenvalue weighted by Gasteiger charge is -2.26. The van der Waals surface area contributed by atoms with Gasteiger partial charge in [0.05, 0.1) is 26.9 Å². The van der Waals surface area contributed by atoms with Gasteiger partial charge in [0.15, 0.2) is 17.5 Å². The zero-order chi connectivity index (χ0) is 23.3. The van der Waals surface area contributed by atoms with Crippen molar-refractivity contribution in [1.29, 1.82) is 0 Å². The van der Waals surface area contributed by atoms with E-state index < -0.39 is 0 Å². The second-order valence-corrected chi connectivity index (χ2v) is 7.39. The predicted molar refractivity (Wildman–Crippen MR) is 129 cm³/mol. The molecule has 1 unspecified atom stereocenters. The molecular weight excluding hydrogens is 408 g/mol. The minimum absolute atomic E-state index is 0.101. The van der Waals surface area contributed by atoms with Crippen LogP contribution in [-0.4, -0.2) is 73.1 Å². The van der Waals surface area contributed by atoms with E-state index in [1.807, 2.05) is 56.6 Å². The molecule has 32 heavy (non-hydrogen) atoms. The van der Waals surface area contributed by atoms with Crippen LogP contribution in [0.3, 0.4) is 0 Å². The molecule has 0 spiro atoms. The van der Waals surface area contributed by atoms with Crippen LogP contribution in [0, 0.1) is 0 Å². The predicted octanol–water partition coefficient (Wildman–Crippen LogP) is 3.41. The molecule has 8 heteroatoms. The summed E-state index contributed by atoms with van der Waals surface area (Å²) in [5.74, 6) is 2.90. The summed E-state index contributed by atoms with van der Waals surface area (Å²) in [5, 5.41) is 6.74. The number of guanidine groups is 1. The van der Waals surface area contributed by atoms with Gasteiger partial charge in [-0.1, -0.05) is 12.1 Å². The third-order valence-electron chi connectivity index (χ3n) is 4.96. The van der Waals surface area contributed by atoms with Gasteiger partial charge in [-0.05, 0) is 43.9 Å². The van der Waals surface area contributed by atoms with E-state index in [1.54, 1.807) is 28.4 Å². The lowest BCUT2D eigenvalue weighted by molar-refractivity contribution is 0.172. The maximum absolute atomic E-state index is 5.78. The van der Waals surface area contributed by atoms with Gasteiger partial charge in [0, 0.05) is 45.5 Å². The number of rotatable bonds is 12. The minimum Gasteiger partial charge on any atom is -0.493 e. The Morgan fingerprint density at radius 3 is 2.44 bits per heavy atom. The first-order valence-corrected chi connectivity index (χ1v) is 10.6. The average molecular weight is 445 g/mol. The molecule has 2 aromatic carbocycles. The van der Waals surface area contributed by atoms with Crippen LogP contribution in [0.4, 0.5) is 5.69 Å². The molecule has 0 aliphatic rings. The summed E-state index contributed by atoms with van der Waals surface area (Å²) in [6.45, 7) is 1.94. The monoisotopic (exact) mass is 444 g/mol. The van der Waals surface area contributed by atoms with E-state index in [0.29, 0.717) is 37.2 Å². The van der Waals surface area contributed by atoms with Gasteiger partial charge in [-0.25, -0.2) is 0 Å². The normalized spacial score (nSPS) is 12.4. The highest BCUT2D eigenvalue weighted by Crippen LogP contribution is 2.31. The molecule has 2 N–H and O–H groups in total. The fourth-order valence-corrected chi connectivity index (χ4v) is 3.22.